The summed E-state index contributed by atoms with van der Waals surface area (Å²) in [6.45, 7) is 0. The molecule has 3 unspecified atom stereocenters. The number of rotatable bonds is 5. The van der Waals surface area contributed by atoms with Gasteiger partial charge >= 0.3 is 5.97 Å². The monoisotopic (exact) mass is 442 g/mol. The lowest BCUT2D eigenvalue weighted by atomic mass is 9.54. The second-order valence-electron chi connectivity index (χ2n) is 8.69. The van der Waals surface area contributed by atoms with Gasteiger partial charge in [0.2, 0.25) is 0 Å². The van der Waals surface area contributed by atoms with Crippen LogP contribution in [-0.2, 0) is 6.42 Å². The molecule has 2 heterocycles. The van der Waals surface area contributed by atoms with Crippen LogP contribution in [0.15, 0.2) is 30.9 Å². The number of anilines is 1. The molecule has 2 aromatic heterocycles. The van der Waals surface area contributed by atoms with Crippen LogP contribution in [0.3, 0.4) is 0 Å². The minimum Gasteiger partial charge on any atom is -0.478 e. The van der Waals surface area contributed by atoms with Crippen molar-refractivity contribution in [3.05, 3.63) is 47.8 Å². The highest BCUT2D eigenvalue weighted by atomic mass is 79.9. The number of nitrogens with zero attached hydrogens (tertiary/aromatic N) is 3. The Morgan fingerprint density at radius 2 is 1.93 bits per heavy atom. The molecule has 0 saturated heterocycles. The lowest BCUT2D eigenvalue weighted by Gasteiger charge is -2.58. The molecule has 4 aliphatic rings. The fourth-order valence-corrected chi connectivity index (χ4v) is 7.12. The van der Waals surface area contributed by atoms with Crippen molar-refractivity contribution in [3.63, 3.8) is 0 Å². The fourth-order valence-electron chi connectivity index (χ4n) is 5.83. The van der Waals surface area contributed by atoms with Crippen molar-refractivity contribution in [2.24, 2.45) is 17.8 Å². The van der Waals surface area contributed by atoms with Gasteiger partial charge < -0.3 is 10.4 Å². The predicted molar refractivity (Wildman–Crippen MR) is 109 cm³/mol. The minimum absolute atomic E-state index is 0.241. The van der Waals surface area contributed by atoms with E-state index >= 15 is 0 Å². The van der Waals surface area contributed by atoms with Gasteiger partial charge in [-0.3, -0.25) is 15.0 Å². The standard InChI is InChI=1S/C21H23BrN4O2/c22-21-7-12-3-13(8-21)19(14(4-12)9-21)26-18-6-15(25-11-17(18)20(27)28)5-16-10-23-1-2-24-16/h1-2,6,10-14,19H,3-5,7-9H2,(H,25,26)(H,27,28)/t12?,13-,14+,19?,21?. The van der Waals surface area contributed by atoms with Crippen LogP contribution >= 0.6 is 15.9 Å². The highest BCUT2D eigenvalue weighted by Crippen LogP contribution is 2.59. The van der Waals surface area contributed by atoms with Crippen LogP contribution in [0.1, 0.15) is 53.8 Å². The van der Waals surface area contributed by atoms with Crippen molar-refractivity contribution >= 4 is 27.6 Å². The number of carboxylic acids is 1. The number of aromatic carboxylic acids is 1. The summed E-state index contributed by atoms with van der Waals surface area (Å²) in [5, 5.41) is 13.3. The summed E-state index contributed by atoms with van der Waals surface area (Å²) < 4.78 is 0.312. The topological polar surface area (TPSA) is 88.0 Å². The molecule has 146 valence electrons. The average molecular weight is 443 g/mol. The lowest BCUT2D eigenvalue weighted by Crippen LogP contribution is -2.56. The van der Waals surface area contributed by atoms with Gasteiger partial charge in [0.25, 0.3) is 0 Å². The molecular formula is C21H23BrN4O2. The van der Waals surface area contributed by atoms with Gasteiger partial charge in [-0.15, -0.1) is 0 Å². The van der Waals surface area contributed by atoms with Crippen LogP contribution < -0.4 is 5.32 Å². The van der Waals surface area contributed by atoms with E-state index in [1.807, 2.05) is 6.07 Å². The summed E-state index contributed by atoms with van der Waals surface area (Å²) in [4.78, 5) is 24.5. The summed E-state index contributed by atoms with van der Waals surface area (Å²) in [5.74, 6) is 1.08. The molecule has 4 bridgehead atoms. The van der Waals surface area contributed by atoms with Gasteiger partial charge in [-0.05, 0) is 55.9 Å². The second kappa shape index (κ2) is 6.79. The molecule has 2 aromatic rings. The molecule has 0 aromatic carbocycles. The number of halogens is 1. The van der Waals surface area contributed by atoms with Crippen molar-refractivity contribution in [3.8, 4) is 0 Å². The first-order valence-corrected chi connectivity index (χ1v) is 10.7. The fraction of sp³-hybridized carbons (Fsp3) is 0.524. The van der Waals surface area contributed by atoms with Gasteiger partial charge in [-0.1, -0.05) is 15.9 Å². The number of hydrogen-bond donors (Lipinski definition) is 2. The molecule has 4 aliphatic carbocycles. The maximum atomic E-state index is 11.8. The molecule has 4 fully saturated rings. The van der Waals surface area contributed by atoms with E-state index < -0.39 is 5.97 Å². The first kappa shape index (κ1) is 18.0. The van der Waals surface area contributed by atoms with E-state index in [0.717, 1.165) is 17.3 Å². The van der Waals surface area contributed by atoms with E-state index in [1.54, 1.807) is 18.6 Å². The first-order valence-electron chi connectivity index (χ1n) is 9.92. The number of carbonyl (C=O) groups is 1. The molecular weight excluding hydrogens is 420 g/mol. The number of carboxylic acid groups (broad SMARTS) is 1. The average Bonchev–Trinajstić information content (AvgIpc) is 2.64. The highest BCUT2D eigenvalue weighted by Gasteiger charge is 2.54. The zero-order valence-electron chi connectivity index (χ0n) is 15.5. The van der Waals surface area contributed by atoms with Crippen LogP contribution in [0, 0.1) is 17.8 Å². The predicted octanol–water partition coefficient (Wildman–Crippen LogP) is 3.91. The Kier molecular flexibility index (Phi) is 4.38. The molecule has 0 aliphatic heterocycles. The molecule has 0 spiro atoms. The van der Waals surface area contributed by atoms with E-state index in [1.165, 1.54) is 38.3 Å². The quantitative estimate of drug-likeness (QED) is 0.682. The van der Waals surface area contributed by atoms with Crippen molar-refractivity contribution < 1.29 is 9.90 Å². The van der Waals surface area contributed by atoms with Crippen molar-refractivity contribution in [2.75, 3.05) is 5.32 Å². The van der Waals surface area contributed by atoms with Crippen molar-refractivity contribution in [2.45, 2.75) is 48.9 Å². The molecule has 4 saturated carbocycles. The van der Waals surface area contributed by atoms with Gasteiger partial charge in [0.1, 0.15) is 5.56 Å². The lowest BCUT2D eigenvalue weighted by molar-refractivity contribution is 0.0280. The van der Waals surface area contributed by atoms with Gasteiger partial charge in [-0.2, -0.15) is 0 Å². The maximum Gasteiger partial charge on any atom is 0.339 e. The van der Waals surface area contributed by atoms with Crippen LogP contribution in [0.5, 0.6) is 0 Å². The number of pyridine rings is 1. The normalized spacial score (nSPS) is 33.0. The maximum absolute atomic E-state index is 11.8. The number of aromatic nitrogens is 3. The highest BCUT2D eigenvalue weighted by molar-refractivity contribution is 9.10. The Morgan fingerprint density at radius 3 is 2.57 bits per heavy atom. The third kappa shape index (κ3) is 3.30. The third-order valence-corrected chi connectivity index (χ3v) is 7.66. The molecule has 0 radical (unpaired) electrons. The first-order chi connectivity index (χ1) is 13.5. The van der Waals surface area contributed by atoms with Crippen LogP contribution in [0.25, 0.3) is 0 Å². The number of alkyl halides is 1. The summed E-state index contributed by atoms with van der Waals surface area (Å²) >= 11 is 4.01. The zero-order chi connectivity index (χ0) is 19.3. The minimum atomic E-state index is -0.943. The van der Waals surface area contributed by atoms with E-state index in [9.17, 15) is 9.90 Å². The smallest absolute Gasteiger partial charge is 0.339 e. The number of hydrogen-bond acceptors (Lipinski definition) is 5. The van der Waals surface area contributed by atoms with E-state index in [0.29, 0.717) is 34.3 Å². The summed E-state index contributed by atoms with van der Waals surface area (Å²) in [6.07, 6.45) is 13.2. The Morgan fingerprint density at radius 1 is 1.14 bits per heavy atom. The Hall–Kier alpha value is -2.02. The Balaban J connectivity index is 1.42. The molecule has 5 atom stereocenters. The van der Waals surface area contributed by atoms with Crippen LogP contribution in [-0.4, -0.2) is 36.4 Å². The van der Waals surface area contributed by atoms with Crippen molar-refractivity contribution in [1.29, 1.82) is 0 Å². The SMILES string of the molecule is O=C(O)c1cnc(Cc2cnccn2)cc1NC1[C@@H]2CC3C[C@H]1CC(Br)(C3)C2. The molecule has 6 nitrogen and oxygen atoms in total. The van der Waals surface area contributed by atoms with Crippen molar-refractivity contribution in [1.82, 2.24) is 15.0 Å². The summed E-state index contributed by atoms with van der Waals surface area (Å²) in [6, 6.07) is 2.22. The van der Waals surface area contributed by atoms with Gasteiger partial charge in [0.15, 0.2) is 0 Å². The van der Waals surface area contributed by atoms with E-state index in [4.69, 9.17) is 0 Å². The summed E-state index contributed by atoms with van der Waals surface area (Å²) in [7, 11) is 0. The molecule has 28 heavy (non-hydrogen) atoms. The van der Waals surface area contributed by atoms with Gasteiger partial charge in [0.05, 0.1) is 11.4 Å². The summed E-state index contributed by atoms with van der Waals surface area (Å²) in [5.41, 5.74) is 2.54. The molecule has 0 amide bonds. The third-order valence-electron chi connectivity index (χ3n) is 6.69. The number of nitrogens with one attached hydrogen (secondary N) is 1. The van der Waals surface area contributed by atoms with Gasteiger partial charge in [-0.25, -0.2) is 4.79 Å². The van der Waals surface area contributed by atoms with Crippen LogP contribution in [0.2, 0.25) is 0 Å². The van der Waals surface area contributed by atoms with Crippen LogP contribution in [0.4, 0.5) is 5.69 Å². The molecule has 7 heteroatoms. The largest absolute Gasteiger partial charge is 0.478 e. The van der Waals surface area contributed by atoms with Gasteiger partial charge in [0, 0.05) is 47.3 Å². The Bertz CT molecular complexity index is 891. The zero-order valence-corrected chi connectivity index (χ0v) is 17.1. The second-order valence-corrected chi connectivity index (χ2v) is 10.4. The molecule has 2 N–H and O–H groups in total. The van der Waals surface area contributed by atoms with E-state index in [-0.39, 0.29) is 5.56 Å². The Labute approximate surface area is 172 Å². The van der Waals surface area contributed by atoms with E-state index in [2.05, 4.69) is 36.2 Å². The molecule has 6 rings (SSSR count).